The number of rotatable bonds is 7. The van der Waals surface area contributed by atoms with E-state index in [9.17, 15) is 4.79 Å². The van der Waals surface area contributed by atoms with Crippen LogP contribution >= 0.6 is 0 Å². The average molecular weight is 330 g/mol. The Morgan fingerprint density at radius 2 is 1.88 bits per heavy atom. The van der Waals surface area contributed by atoms with Gasteiger partial charge >= 0.3 is 0 Å². The predicted molar refractivity (Wildman–Crippen MR) is 93.9 cm³/mol. The number of methoxy groups -OCH3 is 2. The minimum atomic E-state index is -0.229. The van der Waals surface area contributed by atoms with Gasteiger partial charge in [0, 0.05) is 30.1 Å². The summed E-state index contributed by atoms with van der Waals surface area (Å²) in [5, 5.41) is 2.85. The number of amides is 1. The van der Waals surface area contributed by atoms with E-state index in [0.29, 0.717) is 41.7 Å². The number of nitrogens with one attached hydrogen (secondary N) is 1. The van der Waals surface area contributed by atoms with E-state index in [4.69, 9.17) is 19.9 Å². The molecular formula is C18H22N2O4. The fourth-order valence-electron chi connectivity index (χ4n) is 2.18. The molecule has 3 N–H and O–H groups in total. The molecule has 0 saturated heterocycles. The van der Waals surface area contributed by atoms with Gasteiger partial charge in [0.15, 0.2) is 11.5 Å². The summed E-state index contributed by atoms with van der Waals surface area (Å²) in [5.74, 6) is 0.897. The van der Waals surface area contributed by atoms with Crippen molar-refractivity contribution in [2.45, 2.75) is 6.92 Å². The lowest BCUT2D eigenvalue weighted by molar-refractivity contribution is 0.102. The zero-order chi connectivity index (χ0) is 17.5. The molecule has 1 amide bonds. The molecule has 24 heavy (non-hydrogen) atoms. The Balaban J connectivity index is 2.18. The number of nitrogen functional groups attached to an aromatic ring is 1. The molecule has 0 aliphatic carbocycles. The van der Waals surface area contributed by atoms with Crippen LogP contribution in [0.3, 0.4) is 0 Å². The maximum Gasteiger partial charge on any atom is 0.256 e. The SMILES string of the molecule is COCCOc1cc(NC(=O)c2cc(N)ccc2C)ccc1OC. The molecule has 6 nitrogen and oxygen atoms in total. The molecule has 0 radical (unpaired) electrons. The molecule has 2 aromatic rings. The molecule has 0 bridgehead atoms. The van der Waals surface area contributed by atoms with Crippen molar-refractivity contribution < 1.29 is 19.0 Å². The van der Waals surface area contributed by atoms with Crippen LogP contribution in [0, 0.1) is 6.92 Å². The summed E-state index contributed by atoms with van der Waals surface area (Å²) in [5.41, 5.74) is 8.30. The molecule has 0 saturated carbocycles. The van der Waals surface area contributed by atoms with Crippen molar-refractivity contribution in [1.82, 2.24) is 0 Å². The van der Waals surface area contributed by atoms with E-state index in [1.54, 1.807) is 44.6 Å². The van der Waals surface area contributed by atoms with Crippen LogP contribution in [0.1, 0.15) is 15.9 Å². The fraction of sp³-hybridized carbons (Fsp3) is 0.278. The number of nitrogens with two attached hydrogens (primary N) is 1. The lowest BCUT2D eigenvalue weighted by Crippen LogP contribution is -2.14. The minimum Gasteiger partial charge on any atom is -0.493 e. The normalized spacial score (nSPS) is 10.3. The van der Waals surface area contributed by atoms with E-state index >= 15 is 0 Å². The topological polar surface area (TPSA) is 82.8 Å². The van der Waals surface area contributed by atoms with Crippen molar-refractivity contribution in [3.63, 3.8) is 0 Å². The third-order valence-electron chi connectivity index (χ3n) is 3.47. The predicted octanol–water partition coefficient (Wildman–Crippen LogP) is 2.86. The smallest absolute Gasteiger partial charge is 0.256 e. The van der Waals surface area contributed by atoms with Gasteiger partial charge in [-0.2, -0.15) is 0 Å². The zero-order valence-corrected chi connectivity index (χ0v) is 14.1. The van der Waals surface area contributed by atoms with E-state index in [2.05, 4.69) is 5.32 Å². The number of hydrogen-bond acceptors (Lipinski definition) is 5. The summed E-state index contributed by atoms with van der Waals surface area (Å²) in [7, 11) is 3.16. The average Bonchev–Trinajstić information content (AvgIpc) is 2.57. The summed E-state index contributed by atoms with van der Waals surface area (Å²) < 4.78 is 15.8. The maximum atomic E-state index is 12.5. The number of carbonyl (C=O) groups is 1. The third kappa shape index (κ3) is 4.39. The van der Waals surface area contributed by atoms with Crippen molar-refractivity contribution in [1.29, 1.82) is 0 Å². The van der Waals surface area contributed by atoms with Crippen LogP contribution in [-0.2, 0) is 4.74 Å². The van der Waals surface area contributed by atoms with Crippen LogP contribution in [0.2, 0.25) is 0 Å². The Morgan fingerprint density at radius 1 is 1.08 bits per heavy atom. The van der Waals surface area contributed by atoms with E-state index in [1.165, 1.54) is 0 Å². The molecule has 0 fully saturated rings. The highest BCUT2D eigenvalue weighted by atomic mass is 16.5. The Hall–Kier alpha value is -2.73. The molecule has 0 aliphatic rings. The van der Waals surface area contributed by atoms with Crippen molar-refractivity contribution >= 4 is 17.3 Å². The molecule has 0 atom stereocenters. The van der Waals surface area contributed by atoms with Gasteiger partial charge in [0.05, 0.1) is 13.7 Å². The highest BCUT2D eigenvalue weighted by Crippen LogP contribution is 2.30. The quantitative estimate of drug-likeness (QED) is 0.602. The molecule has 128 valence electrons. The highest BCUT2D eigenvalue weighted by molar-refractivity contribution is 6.05. The van der Waals surface area contributed by atoms with Crippen LogP contribution < -0.4 is 20.5 Å². The standard InChI is InChI=1S/C18H22N2O4/c1-12-4-5-13(19)10-15(12)18(21)20-14-6-7-16(23-3)17(11-14)24-9-8-22-2/h4-7,10-11H,8-9,19H2,1-3H3,(H,20,21). The summed E-state index contributed by atoms with van der Waals surface area (Å²) in [6.45, 7) is 2.71. The van der Waals surface area contributed by atoms with E-state index < -0.39 is 0 Å². The lowest BCUT2D eigenvalue weighted by Gasteiger charge is -2.13. The van der Waals surface area contributed by atoms with Gasteiger partial charge in [-0.3, -0.25) is 4.79 Å². The third-order valence-corrected chi connectivity index (χ3v) is 3.47. The minimum absolute atomic E-state index is 0.229. The van der Waals surface area contributed by atoms with Gasteiger partial charge in [0.1, 0.15) is 6.61 Å². The first-order chi connectivity index (χ1) is 11.5. The van der Waals surface area contributed by atoms with Gasteiger partial charge in [-0.15, -0.1) is 0 Å². The van der Waals surface area contributed by atoms with Crippen LogP contribution in [-0.4, -0.2) is 33.3 Å². The van der Waals surface area contributed by atoms with Crippen molar-refractivity contribution in [2.75, 3.05) is 38.5 Å². The van der Waals surface area contributed by atoms with E-state index in [-0.39, 0.29) is 5.91 Å². The number of anilines is 2. The number of benzene rings is 2. The van der Waals surface area contributed by atoms with Crippen LogP contribution in [0.4, 0.5) is 11.4 Å². The zero-order valence-electron chi connectivity index (χ0n) is 14.1. The summed E-state index contributed by atoms with van der Waals surface area (Å²) in [6, 6.07) is 10.4. The number of ether oxygens (including phenoxy) is 3. The first-order valence-electron chi connectivity index (χ1n) is 7.52. The first kappa shape index (κ1) is 17.6. The van der Waals surface area contributed by atoms with Crippen molar-refractivity contribution in [2.24, 2.45) is 0 Å². The Bertz CT molecular complexity index is 716. The summed E-state index contributed by atoms with van der Waals surface area (Å²) >= 11 is 0. The van der Waals surface area contributed by atoms with Crippen molar-refractivity contribution in [3.05, 3.63) is 47.5 Å². The summed E-state index contributed by atoms with van der Waals surface area (Å²) in [6.07, 6.45) is 0. The lowest BCUT2D eigenvalue weighted by atomic mass is 10.1. The summed E-state index contributed by atoms with van der Waals surface area (Å²) in [4.78, 5) is 12.5. The highest BCUT2D eigenvalue weighted by Gasteiger charge is 2.12. The van der Waals surface area contributed by atoms with Gasteiger partial charge in [-0.25, -0.2) is 0 Å². The second-order valence-corrected chi connectivity index (χ2v) is 5.24. The fourth-order valence-corrected chi connectivity index (χ4v) is 2.18. The molecule has 2 rings (SSSR count). The molecule has 6 heteroatoms. The molecule has 0 aromatic heterocycles. The number of aryl methyl sites for hydroxylation is 1. The molecule has 0 heterocycles. The van der Waals surface area contributed by atoms with Crippen molar-refractivity contribution in [3.8, 4) is 11.5 Å². The Kier molecular flexibility index (Phi) is 6.03. The van der Waals surface area contributed by atoms with Crippen LogP contribution in [0.15, 0.2) is 36.4 Å². The van der Waals surface area contributed by atoms with Gasteiger partial charge in [0.25, 0.3) is 5.91 Å². The van der Waals surface area contributed by atoms with Gasteiger partial charge in [0.2, 0.25) is 0 Å². The molecule has 0 unspecified atom stereocenters. The van der Waals surface area contributed by atoms with Crippen LogP contribution in [0.25, 0.3) is 0 Å². The number of hydrogen-bond donors (Lipinski definition) is 2. The second kappa shape index (κ2) is 8.21. The molecule has 0 spiro atoms. The van der Waals surface area contributed by atoms with Gasteiger partial charge in [-0.05, 0) is 36.8 Å². The molecule has 0 aliphatic heterocycles. The maximum absolute atomic E-state index is 12.5. The van der Waals surface area contributed by atoms with E-state index in [0.717, 1.165) is 5.56 Å². The number of carbonyl (C=O) groups excluding carboxylic acids is 1. The monoisotopic (exact) mass is 330 g/mol. The second-order valence-electron chi connectivity index (χ2n) is 5.24. The molecule has 2 aromatic carbocycles. The largest absolute Gasteiger partial charge is 0.493 e. The Morgan fingerprint density at radius 3 is 2.58 bits per heavy atom. The van der Waals surface area contributed by atoms with E-state index in [1.807, 2.05) is 13.0 Å². The Labute approximate surface area is 141 Å². The van der Waals surface area contributed by atoms with Crippen LogP contribution in [0.5, 0.6) is 11.5 Å². The van der Waals surface area contributed by atoms with Gasteiger partial charge < -0.3 is 25.3 Å². The van der Waals surface area contributed by atoms with Gasteiger partial charge in [-0.1, -0.05) is 6.07 Å². The first-order valence-corrected chi connectivity index (χ1v) is 7.52. The molecular weight excluding hydrogens is 308 g/mol.